The third-order valence-corrected chi connectivity index (χ3v) is 11.6. The predicted octanol–water partition coefficient (Wildman–Crippen LogP) is 6.17. The summed E-state index contributed by atoms with van der Waals surface area (Å²) in [6, 6.07) is 0.308. The van der Waals surface area contributed by atoms with E-state index >= 15 is 0 Å². The minimum absolute atomic E-state index is 0.308. The summed E-state index contributed by atoms with van der Waals surface area (Å²) in [5.74, 6) is 5.18. The summed E-state index contributed by atoms with van der Waals surface area (Å²) in [5.41, 5.74) is 0.426. The van der Waals surface area contributed by atoms with Gasteiger partial charge in [0.25, 0.3) is 0 Å². The van der Waals surface area contributed by atoms with Crippen LogP contribution in [0.4, 0.5) is 0 Å². The number of fused-ring (bicyclic) bond motifs is 5. The summed E-state index contributed by atoms with van der Waals surface area (Å²) in [6.45, 7) is 11.1. The van der Waals surface area contributed by atoms with Crippen LogP contribution in [0, 0.1) is 46.3 Å². The van der Waals surface area contributed by atoms with E-state index in [4.69, 9.17) is 0 Å². The van der Waals surface area contributed by atoms with Crippen molar-refractivity contribution in [1.82, 2.24) is 5.32 Å². The molecule has 0 aromatic carbocycles. The molecule has 4 aliphatic carbocycles. The molecule has 29 heavy (non-hydrogen) atoms. The van der Waals surface area contributed by atoms with E-state index in [0.717, 1.165) is 42.6 Å². The summed E-state index contributed by atoms with van der Waals surface area (Å²) < 4.78 is 0. The Balaban J connectivity index is 1.38. The maximum Gasteiger partial charge on any atom is 0.0805 e. The third kappa shape index (κ3) is 3.09. The quantitative estimate of drug-likeness (QED) is 0.579. The van der Waals surface area contributed by atoms with Gasteiger partial charge in [-0.05, 0) is 124 Å². The highest BCUT2D eigenvalue weighted by Crippen LogP contribution is 2.69. The zero-order chi connectivity index (χ0) is 20.4. The van der Waals surface area contributed by atoms with Gasteiger partial charge in [-0.1, -0.05) is 33.6 Å². The SMILES string of the molecule is C[C@H]1CC[C@]2(C)C3CC[C@@]4(C)C(CCC4[C@@](C)(O)C4CCCCN4)C3CC[C@H]2C1. The lowest BCUT2D eigenvalue weighted by atomic mass is 9.44. The molecule has 5 unspecified atom stereocenters. The minimum atomic E-state index is -0.544. The summed E-state index contributed by atoms with van der Waals surface area (Å²) >= 11 is 0. The van der Waals surface area contributed by atoms with Gasteiger partial charge in [-0.15, -0.1) is 0 Å². The molecule has 2 N–H and O–H groups in total. The largest absolute Gasteiger partial charge is 0.388 e. The van der Waals surface area contributed by atoms with E-state index in [2.05, 4.69) is 33.0 Å². The molecule has 0 spiro atoms. The molecule has 2 heteroatoms. The highest BCUT2D eigenvalue weighted by molar-refractivity contribution is 5.13. The molecular formula is C27H47NO. The molecule has 5 fully saturated rings. The van der Waals surface area contributed by atoms with Crippen molar-refractivity contribution >= 4 is 0 Å². The van der Waals surface area contributed by atoms with Gasteiger partial charge in [0.2, 0.25) is 0 Å². The molecule has 1 aliphatic heterocycles. The molecule has 0 radical (unpaired) electrons. The van der Waals surface area contributed by atoms with Crippen LogP contribution in [0.5, 0.6) is 0 Å². The zero-order valence-electron chi connectivity index (χ0n) is 19.7. The average Bonchev–Trinajstić information content (AvgIpc) is 3.07. The number of rotatable bonds is 2. The molecular weight excluding hydrogens is 354 g/mol. The fourth-order valence-corrected chi connectivity index (χ4v) is 10.0. The van der Waals surface area contributed by atoms with E-state index in [9.17, 15) is 5.11 Å². The normalized spacial score (nSPS) is 54.7. The lowest BCUT2D eigenvalue weighted by Gasteiger charge is -2.62. The number of aliphatic hydroxyl groups is 1. The highest BCUT2D eigenvalue weighted by Gasteiger charge is 2.63. The topological polar surface area (TPSA) is 32.3 Å². The highest BCUT2D eigenvalue weighted by atomic mass is 16.3. The third-order valence-electron chi connectivity index (χ3n) is 11.6. The van der Waals surface area contributed by atoms with E-state index in [1.807, 2.05) is 0 Å². The monoisotopic (exact) mass is 401 g/mol. The number of hydrogen-bond acceptors (Lipinski definition) is 2. The first-order chi connectivity index (χ1) is 13.8. The Labute approximate surface area is 180 Å². The summed E-state index contributed by atoms with van der Waals surface area (Å²) in [4.78, 5) is 0. The van der Waals surface area contributed by atoms with E-state index in [-0.39, 0.29) is 0 Å². The Morgan fingerprint density at radius 1 is 0.862 bits per heavy atom. The molecule has 5 rings (SSSR count). The molecule has 1 saturated heterocycles. The summed E-state index contributed by atoms with van der Waals surface area (Å²) in [5, 5.41) is 15.5. The van der Waals surface area contributed by atoms with Crippen molar-refractivity contribution in [2.24, 2.45) is 46.3 Å². The van der Waals surface area contributed by atoms with Crippen molar-refractivity contribution in [3.63, 3.8) is 0 Å². The Morgan fingerprint density at radius 3 is 2.38 bits per heavy atom. The second-order valence-corrected chi connectivity index (χ2v) is 12.9. The second-order valence-electron chi connectivity index (χ2n) is 12.9. The van der Waals surface area contributed by atoms with Crippen LogP contribution in [-0.4, -0.2) is 23.3 Å². The van der Waals surface area contributed by atoms with Crippen molar-refractivity contribution in [1.29, 1.82) is 0 Å². The van der Waals surface area contributed by atoms with Gasteiger partial charge in [0.1, 0.15) is 0 Å². The van der Waals surface area contributed by atoms with Crippen molar-refractivity contribution < 1.29 is 5.11 Å². The van der Waals surface area contributed by atoms with E-state index in [1.165, 1.54) is 70.6 Å². The molecule has 0 aromatic rings. The lowest BCUT2D eigenvalue weighted by molar-refractivity contribution is -0.145. The molecule has 4 saturated carbocycles. The van der Waals surface area contributed by atoms with Crippen LogP contribution in [0.2, 0.25) is 0 Å². The van der Waals surface area contributed by atoms with Crippen molar-refractivity contribution in [3.8, 4) is 0 Å². The Bertz CT molecular complexity index is 610. The van der Waals surface area contributed by atoms with Crippen LogP contribution in [0.1, 0.15) is 105 Å². The van der Waals surface area contributed by atoms with Gasteiger partial charge in [-0.2, -0.15) is 0 Å². The van der Waals surface area contributed by atoms with Crippen molar-refractivity contribution in [3.05, 3.63) is 0 Å². The fraction of sp³-hybridized carbons (Fsp3) is 1.00. The van der Waals surface area contributed by atoms with Crippen LogP contribution in [0.3, 0.4) is 0 Å². The zero-order valence-corrected chi connectivity index (χ0v) is 19.7. The summed E-state index contributed by atoms with van der Waals surface area (Å²) in [6.07, 6.45) is 16.6. The van der Waals surface area contributed by atoms with Crippen molar-refractivity contribution in [2.45, 2.75) is 116 Å². The molecule has 0 amide bonds. The Morgan fingerprint density at radius 2 is 1.62 bits per heavy atom. The Kier molecular flexibility index (Phi) is 5.18. The molecule has 0 bridgehead atoms. The standard InChI is InChI=1S/C27H47NO/c1-18-12-14-25(2)19(17-18)8-9-20-21-10-11-23(26(21,3)15-13-22(20)25)27(4,29)24-7-5-6-16-28-24/h18-24,28-29H,5-17H2,1-4H3/t18-,19-,20?,21?,22?,23?,24?,25-,26-,27+/m0/s1. The molecule has 5 aliphatic rings. The first-order valence-corrected chi connectivity index (χ1v) is 13.2. The molecule has 0 aromatic heterocycles. The number of piperidine rings is 1. The Hall–Kier alpha value is -0.0800. The van der Waals surface area contributed by atoms with Gasteiger partial charge < -0.3 is 10.4 Å². The second kappa shape index (κ2) is 7.22. The minimum Gasteiger partial charge on any atom is -0.388 e. The lowest BCUT2D eigenvalue weighted by Crippen LogP contribution is -2.60. The predicted molar refractivity (Wildman–Crippen MR) is 121 cm³/mol. The van der Waals surface area contributed by atoms with Crippen LogP contribution in [0.25, 0.3) is 0 Å². The van der Waals surface area contributed by atoms with Gasteiger partial charge in [0, 0.05) is 6.04 Å². The molecule has 166 valence electrons. The molecule has 1 heterocycles. The van der Waals surface area contributed by atoms with Gasteiger partial charge in [0.05, 0.1) is 5.60 Å². The maximum atomic E-state index is 11.8. The smallest absolute Gasteiger partial charge is 0.0805 e. The average molecular weight is 402 g/mol. The van der Waals surface area contributed by atoms with Gasteiger partial charge in [0.15, 0.2) is 0 Å². The van der Waals surface area contributed by atoms with Gasteiger partial charge >= 0.3 is 0 Å². The van der Waals surface area contributed by atoms with E-state index in [1.54, 1.807) is 0 Å². The van der Waals surface area contributed by atoms with Gasteiger partial charge in [-0.25, -0.2) is 0 Å². The van der Waals surface area contributed by atoms with Crippen LogP contribution >= 0.6 is 0 Å². The summed E-state index contributed by atoms with van der Waals surface area (Å²) in [7, 11) is 0. The van der Waals surface area contributed by atoms with E-state index in [0.29, 0.717) is 22.8 Å². The maximum absolute atomic E-state index is 11.8. The number of hydrogen-bond donors (Lipinski definition) is 2. The van der Waals surface area contributed by atoms with Crippen LogP contribution in [-0.2, 0) is 0 Å². The van der Waals surface area contributed by atoms with Crippen LogP contribution in [0.15, 0.2) is 0 Å². The first kappa shape index (κ1) is 20.8. The number of nitrogens with one attached hydrogen (secondary N) is 1. The van der Waals surface area contributed by atoms with Gasteiger partial charge in [-0.3, -0.25) is 0 Å². The fourth-order valence-electron chi connectivity index (χ4n) is 10.0. The molecule has 2 nitrogen and oxygen atoms in total. The van der Waals surface area contributed by atoms with E-state index < -0.39 is 5.60 Å². The van der Waals surface area contributed by atoms with Crippen molar-refractivity contribution in [2.75, 3.05) is 6.54 Å². The first-order valence-electron chi connectivity index (χ1n) is 13.2. The molecule has 10 atom stereocenters. The van der Waals surface area contributed by atoms with Crippen LogP contribution < -0.4 is 5.32 Å².